The first-order chi connectivity index (χ1) is 8.13. The Balaban J connectivity index is 2.35. The highest BCUT2D eigenvalue weighted by atomic mass is 35.5. The molecule has 0 aromatic carbocycles. The number of halogens is 1. The summed E-state index contributed by atoms with van der Waals surface area (Å²) in [7, 11) is 4.13. The molecule has 17 heavy (non-hydrogen) atoms. The van der Waals surface area contributed by atoms with Crippen LogP contribution < -0.4 is 16.6 Å². The fraction of sp³-hybridized carbons (Fsp3) is 0.600. The van der Waals surface area contributed by atoms with Crippen molar-refractivity contribution >= 4 is 23.4 Å². The van der Waals surface area contributed by atoms with Crippen LogP contribution in [-0.2, 0) is 0 Å². The van der Waals surface area contributed by atoms with Crippen molar-refractivity contribution in [1.29, 1.82) is 0 Å². The summed E-state index contributed by atoms with van der Waals surface area (Å²) in [4.78, 5) is 10.2. The van der Waals surface area contributed by atoms with E-state index in [1.54, 1.807) is 0 Å². The number of hydrogen-bond acceptors (Lipinski definition) is 6. The van der Waals surface area contributed by atoms with Crippen LogP contribution >= 0.6 is 11.6 Å². The molecule has 7 heteroatoms. The van der Waals surface area contributed by atoms with Crippen molar-refractivity contribution in [3.05, 3.63) is 11.2 Å². The first-order valence-electron chi connectivity index (χ1n) is 5.51. The van der Waals surface area contributed by atoms with Gasteiger partial charge in [0.1, 0.15) is 5.02 Å². The summed E-state index contributed by atoms with van der Waals surface area (Å²) in [5.41, 5.74) is 2.38. The first kappa shape index (κ1) is 14.0. The van der Waals surface area contributed by atoms with Crippen molar-refractivity contribution in [3.8, 4) is 0 Å². The second-order valence-corrected chi connectivity index (χ2v) is 4.38. The number of nitrogens with one attached hydrogen (secondary N) is 2. The molecule has 1 aromatic heterocycles. The van der Waals surface area contributed by atoms with Crippen LogP contribution in [-0.4, -0.2) is 42.1 Å². The molecule has 0 spiro atoms. The maximum absolute atomic E-state index is 5.95. The quantitative estimate of drug-likeness (QED) is 0.387. The van der Waals surface area contributed by atoms with Gasteiger partial charge >= 0.3 is 0 Å². The van der Waals surface area contributed by atoms with Crippen molar-refractivity contribution in [2.75, 3.05) is 37.9 Å². The molecule has 0 aliphatic heterocycles. The largest absolute Gasteiger partial charge is 0.369 e. The molecule has 1 heterocycles. The molecule has 0 aliphatic carbocycles. The number of unbranched alkanes of at least 4 members (excludes halogenated alkanes) is 1. The molecule has 0 radical (unpaired) electrons. The lowest BCUT2D eigenvalue weighted by molar-refractivity contribution is 0.396. The lowest BCUT2D eigenvalue weighted by Gasteiger charge is -2.10. The van der Waals surface area contributed by atoms with Gasteiger partial charge in [0.25, 0.3) is 0 Å². The van der Waals surface area contributed by atoms with Crippen molar-refractivity contribution < 1.29 is 0 Å². The van der Waals surface area contributed by atoms with Crippen molar-refractivity contribution in [2.45, 2.75) is 12.8 Å². The molecule has 4 N–H and O–H groups in total. The van der Waals surface area contributed by atoms with Gasteiger partial charge in [-0.2, -0.15) is 4.98 Å². The number of nitrogens with zero attached hydrogens (tertiary/aromatic N) is 3. The van der Waals surface area contributed by atoms with E-state index in [0.717, 1.165) is 25.9 Å². The molecule has 0 bridgehead atoms. The highest BCUT2D eigenvalue weighted by Crippen LogP contribution is 2.18. The molecule has 0 saturated heterocycles. The zero-order chi connectivity index (χ0) is 12.7. The zero-order valence-electron chi connectivity index (χ0n) is 10.2. The lowest BCUT2D eigenvalue weighted by Crippen LogP contribution is -2.15. The van der Waals surface area contributed by atoms with Crippen LogP contribution in [0.4, 0.5) is 11.8 Å². The summed E-state index contributed by atoms with van der Waals surface area (Å²) in [6, 6.07) is 0. The zero-order valence-corrected chi connectivity index (χ0v) is 11.0. The molecule has 0 unspecified atom stereocenters. The molecule has 1 rings (SSSR count). The first-order valence-corrected chi connectivity index (χ1v) is 5.89. The molecule has 6 nitrogen and oxygen atoms in total. The molecule has 0 saturated carbocycles. The molecular weight excluding hydrogens is 240 g/mol. The minimum atomic E-state index is 0.352. The van der Waals surface area contributed by atoms with Gasteiger partial charge in [0, 0.05) is 6.54 Å². The number of aromatic nitrogens is 2. The van der Waals surface area contributed by atoms with Crippen LogP contribution in [0, 0.1) is 0 Å². The highest BCUT2D eigenvalue weighted by Gasteiger charge is 2.03. The third-order valence-electron chi connectivity index (χ3n) is 2.20. The van der Waals surface area contributed by atoms with Gasteiger partial charge in [0.05, 0.1) is 6.20 Å². The van der Waals surface area contributed by atoms with Gasteiger partial charge in [-0.3, -0.25) is 5.43 Å². The van der Waals surface area contributed by atoms with Crippen molar-refractivity contribution in [3.63, 3.8) is 0 Å². The molecule has 96 valence electrons. The maximum atomic E-state index is 5.95. The van der Waals surface area contributed by atoms with E-state index in [-0.39, 0.29) is 0 Å². The number of hydrazine groups is 1. The Kier molecular flexibility index (Phi) is 5.96. The van der Waals surface area contributed by atoms with E-state index >= 15 is 0 Å². The molecule has 0 fully saturated rings. The predicted molar refractivity (Wildman–Crippen MR) is 71.1 cm³/mol. The van der Waals surface area contributed by atoms with Gasteiger partial charge in [-0.1, -0.05) is 11.6 Å². The third-order valence-corrected chi connectivity index (χ3v) is 2.47. The van der Waals surface area contributed by atoms with Gasteiger partial charge < -0.3 is 10.2 Å². The topological polar surface area (TPSA) is 79.1 Å². The van der Waals surface area contributed by atoms with Crippen LogP contribution in [0.15, 0.2) is 6.20 Å². The van der Waals surface area contributed by atoms with Gasteiger partial charge in [-0.15, -0.1) is 0 Å². The average molecular weight is 259 g/mol. The van der Waals surface area contributed by atoms with Crippen LogP contribution in [0.25, 0.3) is 0 Å². The molecule has 1 aromatic rings. The summed E-state index contributed by atoms with van der Waals surface area (Å²) in [6.45, 7) is 1.91. The fourth-order valence-electron chi connectivity index (χ4n) is 1.32. The minimum absolute atomic E-state index is 0.352. The average Bonchev–Trinajstić information content (AvgIpc) is 2.30. The SMILES string of the molecule is CN(C)CCCCNc1nc(NN)ncc1Cl. The van der Waals surface area contributed by atoms with Crippen LogP contribution in [0.2, 0.25) is 5.02 Å². The number of hydrogen-bond donors (Lipinski definition) is 3. The van der Waals surface area contributed by atoms with E-state index < -0.39 is 0 Å². The van der Waals surface area contributed by atoms with Gasteiger partial charge in [0.15, 0.2) is 5.82 Å². The Morgan fingerprint density at radius 2 is 2.18 bits per heavy atom. The van der Waals surface area contributed by atoms with Crippen molar-refractivity contribution in [2.24, 2.45) is 5.84 Å². The monoisotopic (exact) mass is 258 g/mol. The molecule has 0 aliphatic rings. The van der Waals surface area contributed by atoms with Crippen LogP contribution in [0.5, 0.6) is 0 Å². The van der Waals surface area contributed by atoms with Gasteiger partial charge in [-0.05, 0) is 33.5 Å². The summed E-state index contributed by atoms with van der Waals surface area (Å²) in [6.07, 6.45) is 3.71. The van der Waals surface area contributed by atoms with Crippen LogP contribution in [0.3, 0.4) is 0 Å². The Morgan fingerprint density at radius 3 is 2.82 bits per heavy atom. The summed E-state index contributed by atoms with van der Waals surface area (Å²) >= 11 is 5.95. The molecule has 0 amide bonds. The van der Waals surface area contributed by atoms with Gasteiger partial charge in [-0.25, -0.2) is 10.8 Å². The Bertz CT molecular complexity index is 344. The Morgan fingerprint density at radius 1 is 1.41 bits per heavy atom. The van der Waals surface area contributed by atoms with Crippen LogP contribution in [0.1, 0.15) is 12.8 Å². The molecular formula is C10H19ClN6. The van der Waals surface area contributed by atoms with Gasteiger partial charge in [0.2, 0.25) is 5.95 Å². The number of anilines is 2. The summed E-state index contributed by atoms with van der Waals surface area (Å²) < 4.78 is 0. The predicted octanol–water partition coefficient (Wildman–Crippen LogP) is 1.17. The third kappa shape index (κ3) is 5.16. The number of nitrogen functional groups attached to an aromatic ring is 1. The Hall–Kier alpha value is -1.11. The number of nitrogens with two attached hydrogens (primary N) is 1. The number of rotatable bonds is 7. The second kappa shape index (κ2) is 7.26. The van der Waals surface area contributed by atoms with E-state index in [4.69, 9.17) is 17.4 Å². The molecule has 0 atom stereocenters. The van der Waals surface area contributed by atoms with E-state index in [1.165, 1.54) is 6.20 Å². The van der Waals surface area contributed by atoms with E-state index in [0.29, 0.717) is 16.8 Å². The summed E-state index contributed by atoms with van der Waals surface area (Å²) in [5, 5.41) is 3.66. The van der Waals surface area contributed by atoms with E-state index in [9.17, 15) is 0 Å². The van der Waals surface area contributed by atoms with E-state index in [2.05, 4.69) is 39.7 Å². The van der Waals surface area contributed by atoms with Crippen molar-refractivity contribution in [1.82, 2.24) is 14.9 Å². The normalized spacial score (nSPS) is 10.6. The lowest BCUT2D eigenvalue weighted by atomic mass is 10.3. The highest BCUT2D eigenvalue weighted by molar-refractivity contribution is 6.32. The minimum Gasteiger partial charge on any atom is -0.369 e. The van der Waals surface area contributed by atoms with E-state index in [1.807, 2.05) is 0 Å². The summed E-state index contributed by atoms with van der Waals surface area (Å²) in [5.74, 6) is 6.19. The second-order valence-electron chi connectivity index (χ2n) is 3.97. The maximum Gasteiger partial charge on any atom is 0.239 e. The smallest absolute Gasteiger partial charge is 0.239 e. The Labute approximate surface area is 107 Å². The standard InChI is InChI=1S/C10H19ClN6/c1-17(2)6-4-3-5-13-9-8(11)7-14-10(15-9)16-12/h7H,3-6,12H2,1-2H3,(H2,13,14,15,16). The fourth-order valence-corrected chi connectivity index (χ4v) is 1.48.